The van der Waals surface area contributed by atoms with Crippen LogP contribution in [0.15, 0.2) is 24.3 Å². The maximum Gasteiger partial charge on any atom is 0.248 e. The zero-order chi connectivity index (χ0) is 25.2. The van der Waals surface area contributed by atoms with Crippen molar-refractivity contribution in [3.63, 3.8) is 0 Å². The number of carbonyl (C=O) groups is 3. The first kappa shape index (κ1) is 25.8. The number of nitrogens with zero attached hydrogens (tertiary/aromatic N) is 2. The maximum atomic E-state index is 13.7. The fourth-order valence-corrected chi connectivity index (χ4v) is 8.38. The summed E-state index contributed by atoms with van der Waals surface area (Å²) in [7, 11) is 0. The number of hydrogen-bond donors (Lipinski definition) is 3. The normalized spacial score (nSPS) is 28.8. The fourth-order valence-electron chi connectivity index (χ4n) is 6.16. The van der Waals surface area contributed by atoms with Crippen LogP contribution in [0.5, 0.6) is 0 Å². The summed E-state index contributed by atoms with van der Waals surface area (Å²) in [4.78, 5) is 44.4. The molecule has 35 heavy (non-hydrogen) atoms. The molecule has 1 aromatic rings. The van der Waals surface area contributed by atoms with Gasteiger partial charge in [-0.2, -0.15) is 0 Å². The first-order chi connectivity index (χ1) is 16.9. The Morgan fingerprint density at radius 2 is 1.89 bits per heavy atom. The molecule has 3 N–H and O–H groups in total. The summed E-state index contributed by atoms with van der Waals surface area (Å²) >= 11 is 1.67. The minimum Gasteiger partial charge on any atom is -0.396 e. The van der Waals surface area contributed by atoms with Crippen LogP contribution in [0.1, 0.15) is 46.5 Å². The number of likely N-dealkylation sites (tertiary alicyclic amines) is 1. The number of benzene rings is 1. The van der Waals surface area contributed by atoms with E-state index in [1.807, 2.05) is 31.2 Å². The molecule has 0 radical (unpaired) electrons. The summed E-state index contributed by atoms with van der Waals surface area (Å²) in [6.07, 6.45) is 2.80. The number of thioether (sulfide) groups is 1. The van der Waals surface area contributed by atoms with E-state index < -0.39 is 22.6 Å². The van der Waals surface area contributed by atoms with Gasteiger partial charge in [0.1, 0.15) is 6.04 Å². The van der Waals surface area contributed by atoms with Crippen molar-refractivity contribution < 1.29 is 19.5 Å². The molecule has 3 aliphatic rings. The Balaban J connectivity index is 1.59. The molecule has 2 bridgehead atoms. The Labute approximate surface area is 212 Å². The second-order valence-corrected chi connectivity index (χ2v) is 11.3. The lowest BCUT2D eigenvalue weighted by Crippen LogP contribution is -2.52. The quantitative estimate of drug-likeness (QED) is 0.430. The lowest BCUT2D eigenvalue weighted by Gasteiger charge is -2.34. The van der Waals surface area contributed by atoms with Crippen LogP contribution in [0, 0.1) is 11.8 Å². The number of aliphatic hydroxyl groups excluding tert-OH is 1. The second-order valence-electron chi connectivity index (χ2n) is 9.66. The molecular formula is C26H38N4O4S. The van der Waals surface area contributed by atoms with Gasteiger partial charge in [0.25, 0.3) is 0 Å². The third-order valence-electron chi connectivity index (χ3n) is 7.72. The van der Waals surface area contributed by atoms with Crippen LogP contribution in [-0.4, -0.2) is 76.6 Å². The highest BCUT2D eigenvalue weighted by Gasteiger charge is 2.73. The number of amides is 3. The van der Waals surface area contributed by atoms with Crippen LogP contribution < -0.4 is 15.5 Å². The molecule has 0 aromatic heterocycles. The number of fused-ring (bicyclic) bond motifs is 1. The zero-order valence-corrected chi connectivity index (χ0v) is 21.8. The van der Waals surface area contributed by atoms with E-state index in [9.17, 15) is 19.5 Å². The van der Waals surface area contributed by atoms with Crippen molar-refractivity contribution in [3.8, 4) is 0 Å². The Hall–Kier alpha value is -2.26. The smallest absolute Gasteiger partial charge is 0.248 e. The summed E-state index contributed by atoms with van der Waals surface area (Å²) in [6, 6.07) is 7.13. The van der Waals surface area contributed by atoms with Crippen LogP contribution in [-0.2, 0) is 14.4 Å². The van der Waals surface area contributed by atoms with Crippen molar-refractivity contribution in [2.24, 2.45) is 11.8 Å². The lowest BCUT2D eigenvalue weighted by atomic mass is 9.70. The van der Waals surface area contributed by atoms with Crippen LogP contribution in [0.2, 0.25) is 0 Å². The van der Waals surface area contributed by atoms with Crippen molar-refractivity contribution in [2.75, 3.05) is 43.0 Å². The minimum atomic E-state index is -0.659. The van der Waals surface area contributed by atoms with Crippen molar-refractivity contribution in [1.82, 2.24) is 10.2 Å². The van der Waals surface area contributed by atoms with Gasteiger partial charge in [-0.1, -0.05) is 6.92 Å². The first-order valence-corrected chi connectivity index (χ1v) is 13.8. The molecule has 3 saturated heterocycles. The molecule has 3 aliphatic heterocycles. The van der Waals surface area contributed by atoms with Crippen LogP contribution in [0.3, 0.4) is 0 Å². The Bertz CT molecular complexity index is 938. The fraction of sp³-hybridized carbons (Fsp3) is 0.654. The maximum absolute atomic E-state index is 13.7. The number of rotatable bonds is 11. The van der Waals surface area contributed by atoms with E-state index in [4.69, 9.17) is 0 Å². The van der Waals surface area contributed by atoms with E-state index in [2.05, 4.69) is 29.4 Å². The van der Waals surface area contributed by atoms with Crippen molar-refractivity contribution >= 4 is 40.9 Å². The summed E-state index contributed by atoms with van der Waals surface area (Å²) in [5.74, 6) is -1.31. The van der Waals surface area contributed by atoms with E-state index in [1.54, 1.807) is 16.7 Å². The molecule has 3 amide bonds. The summed E-state index contributed by atoms with van der Waals surface area (Å²) < 4.78 is -0.601. The van der Waals surface area contributed by atoms with E-state index in [-0.39, 0.29) is 29.6 Å². The molecule has 3 heterocycles. The van der Waals surface area contributed by atoms with Gasteiger partial charge in [0.2, 0.25) is 17.7 Å². The third kappa shape index (κ3) is 4.53. The summed E-state index contributed by atoms with van der Waals surface area (Å²) in [5, 5.41) is 15.5. The number of carbonyl (C=O) groups excluding carboxylic acids is 3. The molecule has 192 valence electrons. The lowest BCUT2D eigenvalue weighted by molar-refractivity contribution is -0.139. The van der Waals surface area contributed by atoms with Gasteiger partial charge in [-0.05, 0) is 63.8 Å². The van der Waals surface area contributed by atoms with Crippen molar-refractivity contribution in [2.45, 2.75) is 62.5 Å². The van der Waals surface area contributed by atoms with E-state index in [0.29, 0.717) is 25.2 Å². The average molecular weight is 503 g/mol. The van der Waals surface area contributed by atoms with Crippen LogP contribution in [0.25, 0.3) is 0 Å². The molecular weight excluding hydrogens is 464 g/mol. The molecule has 0 saturated carbocycles. The Kier molecular flexibility index (Phi) is 7.96. The second kappa shape index (κ2) is 10.8. The van der Waals surface area contributed by atoms with Gasteiger partial charge in [-0.15, -0.1) is 11.8 Å². The van der Waals surface area contributed by atoms with Crippen LogP contribution in [0.4, 0.5) is 11.4 Å². The number of hydrogen-bond acceptors (Lipinski definition) is 6. The summed E-state index contributed by atoms with van der Waals surface area (Å²) in [5.41, 5.74) is 1.79. The number of nitrogens with one attached hydrogen (secondary N) is 2. The van der Waals surface area contributed by atoms with Gasteiger partial charge in [-0.3, -0.25) is 14.4 Å². The highest BCUT2D eigenvalue weighted by Crippen LogP contribution is 2.66. The molecule has 8 nitrogen and oxygen atoms in total. The molecule has 5 atom stereocenters. The van der Waals surface area contributed by atoms with Crippen LogP contribution >= 0.6 is 11.8 Å². The standard InChI is InChI=1S/C26H38N4O4S/c1-4-14-27-23(32)20-19-12-13-26(35-19)21(20)25(34)30(15-7-16-31)22(26)24(33)28-17-8-10-18(11-9-17)29(5-2)6-3/h8-11,19-22,31H,4-7,12-16H2,1-3H3,(H,27,32)(H,28,33)/t19-,20+,21-,22?,26?/m0/s1. The molecule has 1 spiro atoms. The molecule has 2 unspecified atom stereocenters. The van der Waals surface area contributed by atoms with Gasteiger partial charge >= 0.3 is 0 Å². The zero-order valence-electron chi connectivity index (χ0n) is 21.0. The summed E-state index contributed by atoms with van der Waals surface area (Å²) in [6.45, 7) is 8.86. The minimum absolute atomic E-state index is 0.0568. The first-order valence-electron chi connectivity index (χ1n) is 12.9. The molecule has 0 aliphatic carbocycles. The largest absolute Gasteiger partial charge is 0.396 e. The topological polar surface area (TPSA) is 102 Å². The molecule has 9 heteroatoms. The van der Waals surface area contributed by atoms with Gasteiger partial charge in [0.15, 0.2) is 0 Å². The van der Waals surface area contributed by atoms with Crippen molar-refractivity contribution in [3.05, 3.63) is 24.3 Å². The third-order valence-corrected chi connectivity index (χ3v) is 9.67. The number of aliphatic hydroxyl groups is 1. The molecule has 1 aromatic carbocycles. The van der Waals surface area contributed by atoms with E-state index in [1.165, 1.54) is 0 Å². The van der Waals surface area contributed by atoms with Crippen molar-refractivity contribution in [1.29, 1.82) is 0 Å². The predicted molar refractivity (Wildman–Crippen MR) is 139 cm³/mol. The molecule has 3 fully saturated rings. The number of anilines is 2. The van der Waals surface area contributed by atoms with Gasteiger partial charge in [0, 0.05) is 49.4 Å². The SMILES string of the molecule is CCCNC(=O)[C@@H]1[C@@H]2CCC3(S2)C(C(=O)Nc2ccc(N(CC)CC)cc2)N(CCCO)C(=O)[C@H]13. The monoisotopic (exact) mass is 502 g/mol. The molecule has 4 rings (SSSR count). The highest BCUT2D eigenvalue weighted by molar-refractivity contribution is 8.02. The Morgan fingerprint density at radius 1 is 1.17 bits per heavy atom. The average Bonchev–Trinajstić information content (AvgIpc) is 3.50. The van der Waals surface area contributed by atoms with Gasteiger partial charge < -0.3 is 25.5 Å². The van der Waals surface area contributed by atoms with E-state index in [0.717, 1.165) is 38.0 Å². The Morgan fingerprint density at radius 3 is 2.51 bits per heavy atom. The van der Waals surface area contributed by atoms with Gasteiger partial charge in [0.05, 0.1) is 16.6 Å². The van der Waals surface area contributed by atoms with Gasteiger partial charge in [-0.25, -0.2) is 0 Å². The highest BCUT2D eigenvalue weighted by atomic mass is 32.2. The van der Waals surface area contributed by atoms with E-state index >= 15 is 0 Å². The predicted octanol–water partition coefficient (Wildman–Crippen LogP) is 2.47.